The average molecular weight is 449 g/mol. The number of morpholine rings is 1. The molecule has 2 N–H and O–H groups in total. The predicted molar refractivity (Wildman–Crippen MR) is 134 cm³/mol. The number of aryl methyl sites for hydroxylation is 2. The summed E-state index contributed by atoms with van der Waals surface area (Å²) >= 11 is 5.51. The summed E-state index contributed by atoms with van der Waals surface area (Å²) in [5.41, 5.74) is 6.90. The topological polar surface area (TPSA) is 75.2 Å². The summed E-state index contributed by atoms with van der Waals surface area (Å²) in [6.07, 6.45) is 2.48. The van der Waals surface area contributed by atoms with Crippen molar-refractivity contribution in [2.45, 2.75) is 27.7 Å². The molecule has 0 unspecified atom stereocenters. The molecule has 0 spiro atoms. The van der Waals surface area contributed by atoms with Crippen molar-refractivity contribution in [3.8, 4) is 11.3 Å². The number of pyridine rings is 1. The summed E-state index contributed by atoms with van der Waals surface area (Å²) in [7, 11) is 0. The Hall–Kier alpha value is -3.10. The molecule has 1 fully saturated rings. The van der Waals surface area contributed by atoms with Gasteiger partial charge in [-0.2, -0.15) is 0 Å². The molecule has 0 radical (unpaired) electrons. The Morgan fingerprint density at radius 3 is 2.69 bits per heavy atom. The van der Waals surface area contributed by atoms with Crippen LogP contribution >= 0.6 is 12.2 Å². The van der Waals surface area contributed by atoms with Gasteiger partial charge in [0.05, 0.1) is 35.3 Å². The van der Waals surface area contributed by atoms with E-state index in [9.17, 15) is 0 Å². The minimum Gasteiger partial charge on any atom is -0.378 e. The summed E-state index contributed by atoms with van der Waals surface area (Å²) < 4.78 is 5.44. The lowest BCUT2D eigenvalue weighted by Gasteiger charge is -2.28. The molecule has 5 rings (SSSR count). The second-order valence-corrected chi connectivity index (χ2v) is 8.36. The SMILES string of the molecule is C.Cc1ccc2c(c1)NC(=S)Cc1cnc(Nc3ccc(N4CCOCC4)nc3C)nc1-2. The molecule has 2 aromatic heterocycles. The van der Waals surface area contributed by atoms with Crippen LogP contribution in [-0.2, 0) is 11.2 Å². The molecule has 2 aliphatic heterocycles. The van der Waals surface area contributed by atoms with Gasteiger partial charge in [-0.3, -0.25) is 0 Å². The number of nitrogens with zero attached hydrogens (tertiary/aromatic N) is 4. The van der Waals surface area contributed by atoms with Gasteiger partial charge >= 0.3 is 0 Å². The van der Waals surface area contributed by atoms with Crippen molar-refractivity contribution >= 4 is 40.3 Å². The normalized spacial score (nSPS) is 15.1. The fraction of sp³-hybridized carbons (Fsp3) is 0.333. The van der Waals surface area contributed by atoms with Gasteiger partial charge in [0.2, 0.25) is 5.95 Å². The first-order chi connectivity index (χ1) is 15.1. The summed E-state index contributed by atoms with van der Waals surface area (Å²) in [6.45, 7) is 7.27. The van der Waals surface area contributed by atoms with Gasteiger partial charge in [0.1, 0.15) is 5.82 Å². The molecular formula is C24H28N6OS. The molecule has 0 aliphatic carbocycles. The minimum atomic E-state index is 0. The van der Waals surface area contributed by atoms with Crippen molar-refractivity contribution < 1.29 is 4.74 Å². The van der Waals surface area contributed by atoms with E-state index < -0.39 is 0 Å². The van der Waals surface area contributed by atoms with Crippen molar-refractivity contribution in [1.29, 1.82) is 0 Å². The van der Waals surface area contributed by atoms with Crippen LogP contribution in [0, 0.1) is 13.8 Å². The van der Waals surface area contributed by atoms with Gasteiger partial charge in [-0.25, -0.2) is 15.0 Å². The van der Waals surface area contributed by atoms with E-state index in [1.165, 1.54) is 5.56 Å². The second-order valence-electron chi connectivity index (χ2n) is 7.87. The molecule has 1 aromatic carbocycles. The van der Waals surface area contributed by atoms with Gasteiger partial charge in [0.15, 0.2) is 0 Å². The first-order valence-corrected chi connectivity index (χ1v) is 10.8. The highest BCUT2D eigenvalue weighted by Gasteiger charge is 2.20. The molecule has 0 amide bonds. The van der Waals surface area contributed by atoms with E-state index in [1.807, 2.05) is 25.3 Å². The van der Waals surface area contributed by atoms with Gasteiger partial charge in [-0.15, -0.1) is 0 Å². The highest BCUT2D eigenvalue weighted by Crippen LogP contribution is 2.34. The third-order valence-corrected chi connectivity index (χ3v) is 5.82. The van der Waals surface area contributed by atoms with Gasteiger partial charge in [0.25, 0.3) is 0 Å². The Morgan fingerprint density at radius 1 is 1.09 bits per heavy atom. The predicted octanol–water partition coefficient (Wildman–Crippen LogP) is 4.67. The van der Waals surface area contributed by atoms with Crippen LogP contribution in [0.5, 0.6) is 0 Å². The van der Waals surface area contributed by atoms with Crippen LogP contribution in [0.2, 0.25) is 0 Å². The lowest BCUT2D eigenvalue weighted by molar-refractivity contribution is 0.122. The van der Waals surface area contributed by atoms with Crippen LogP contribution in [0.15, 0.2) is 36.5 Å². The summed E-state index contributed by atoms with van der Waals surface area (Å²) in [6, 6.07) is 10.3. The van der Waals surface area contributed by atoms with E-state index >= 15 is 0 Å². The van der Waals surface area contributed by atoms with Crippen LogP contribution in [0.3, 0.4) is 0 Å². The number of nitrogens with one attached hydrogen (secondary N) is 2. The van der Waals surface area contributed by atoms with Crippen LogP contribution < -0.4 is 15.5 Å². The molecule has 0 atom stereocenters. The molecular weight excluding hydrogens is 420 g/mol. The second kappa shape index (κ2) is 9.18. The highest BCUT2D eigenvalue weighted by molar-refractivity contribution is 7.80. The maximum absolute atomic E-state index is 5.51. The summed E-state index contributed by atoms with van der Waals surface area (Å²) in [5.74, 6) is 1.51. The van der Waals surface area contributed by atoms with Crippen LogP contribution in [0.4, 0.5) is 23.1 Å². The fourth-order valence-corrected chi connectivity index (χ4v) is 4.20. The third-order valence-electron chi connectivity index (χ3n) is 5.57. The first kappa shape index (κ1) is 22.1. The molecule has 2 aliphatic rings. The Kier molecular flexibility index (Phi) is 6.34. The van der Waals surface area contributed by atoms with E-state index in [0.717, 1.165) is 71.0 Å². The van der Waals surface area contributed by atoms with Gasteiger partial charge in [0, 0.05) is 42.5 Å². The van der Waals surface area contributed by atoms with Crippen LogP contribution in [-0.4, -0.2) is 46.2 Å². The summed E-state index contributed by atoms with van der Waals surface area (Å²) in [4.78, 5) is 17.2. The maximum Gasteiger partial charge on any atom is 0.227 e. The van der Waals surface area contributed by atoms with Gasteiger partial charge in [-0.1, -0.05) is 31.8 Å². The van der Waals surface area contributed by atoms with E-state index in [2.05, 4.69) is 45.6 Å². The fourth-order valence-electron chi connectivity index (χ4n) is 3.93. The van der Waals surface area contributed by atoms with Crippen molar-refractivity contribution in [3.05, 3.63) is 53.3 Å². The number of anilines is 4. The molecule has 3 aromatic rings. The average Bonchev–Trinajstić information content (AvgIpc) is 2.90. The first-order valence-electron chi connectivity index (χ1n) is 10.4. The quantitative estimate of drug-likeness (QED) is 0.560. The summed E-state index contributed by atoms with van der Waals surface area (Å²) in [5, 5.41) is 6.69. The van der Waals surface area contributed by atoms with E-state index in [1.54, 1.807) is 0 Å². The smallest absolute Gasteiger partial charge is 0.227 e. The Labute approximate surface area is 194 Å². The number of thiocarbonyl (C=S) groups is 1. The molecule has 4 heterocycles. The zero-order chi connectivity index (χ0) is 21.4. The molecule has 166 valence electrons. The lowest BCUT2D eigenvalue weighted by atomic mass is 10.0. The molecule has 1 saturated heterocycles. The van der Waals surface area contributed by atoms with E-state index in [0.29, 0.717) is 12.4 Å². The van der Waals surface area contributed by atoms with Gasteiger partial charge in [-0.05, 0) is 37.6 Å². The van der Waals surface area contributed by atoms with Gasteiger partial charge < -0.3 is 20.3 Å². The number of hydrogen-bond acceptors (Lipinski definition) is 7. The third kappa shape index (κ3) is 4.42. The zero-order valence-corrected chi connectivity index (χ0v) is 18.4. The standard InChI is InChI=1S/C23H24N6OS.CH4/c1-14-3-4-17-19(11-14)26-21(31)12-16-13-24-23(28-22(16)17)27-18-5-6-20(25-15(18)2)29-7-9-30-10-8-29;/h3-6,11,13H,7-10,12H2,1-2H3,(H,26,31)(H,24,27,28);1H4. The maximum atomic E-state index is 5.51. The number of hydrogen-bond donors (Lipinski definition) is 2. The Balaban J connectivity index is 0.00000245. The number of fused-ring (bicyclic) bond motifs is 3. The number of rotatable bonds is 3. The zero-order valence-electron chi connectivity index (χ0n) is 17.6. The minimum absolute atomic E-state index is 0. The number of ether oxygens (including phenoxy) is 1. The number of aromatic nitrogens is 3. The Bertz CT molecular complexity index is 1160. The van der Waals surface area contributed by atoms with Crippen molar-refractivity contribution in [2.24, 2.45) is 0 Å². The van der Waals surface area contributed by atoms with Crippen molar-refractivity contribution in [3.63, 3.8) is 0 Å². The van der Waals surface area contributed by atoms with Crippen LogP contribution in [0.1, 0.15) is 24.2 Å². The van der Waals surface area contributed by atoms with Crippen LogP contribution in [0.25, 0.3) is 11.3 Å². The monoisotopic (exact) mass is 448 g/mol. The lowest BCUT2D eigenvalue weighted by Crippen LogP contribution is -2.36. The molecule has 8 heteroatoms. The molecule has 32 heavy (non-hydrogen) atoms. The largest absolute Gasteiger partial charge is 0.378 e. The van der Waals surface area contributed by atoms with E-state index in [4.69, 9.17) is 26.9 Å². The Morgan fingerprint density at radius 2 is 1.91 bits per heavy atom. The number of benzene rings is 1. The van der Waals surface area contributed by atoms with Crippen molar-refractivity contribution in [1.82, 2.24) is 15.0 Å². The van der Waals surface area contributed by atoms with Crippen molar-refractivity contribution in [2.75, 3.05) is 41.8 Å². The molecule has 0 bridgehead atoms. The van der Waals surface area contributed by atoms with E-state index in [-0.39, 0.29) is 7.43 Å². The molecule has 0 saturated carbocycles. The highest BCUT2D eigenvalue weighted by atomic mass is 32.1. The molecule has 7 nitrogen and oxygen atoms in total.